The minimum Gasteiger partial charge on any atom is -0.377 e. The molecular weight excluding hydrogens is 212 g/mol. The molecule has 0 aromatic heterocycles. The van der Waals surface area contributed by atoms with Gasteiger partial charge in [-0.05, 0) is 44.7 Å². The number of piperidine rings is 1. The highest BCUT2D eigenvalue weighted by molar-refractivity contribution is 4.84. The van der Waals surface area contributed by atoms with Crippen LogP contribution in [0.3, 0.4) is 0 Å². The Morgan fingerprint density at radius 3 is 2.47 bits per heavy atom. The lowest BCUT2D eigenvalue weighted by molar-refractivity contribution is 0.0175. The van der Waals surface area contributed by atoms with E-state index in [1.165, 1.54) is 32.2 Å². The van der Waals surface area contributed by atoms with Crippen LogP contribution in [0.25, 0.3) is 0 Å². The fourth-order valence-electron chi connectivity index (χ4n) is 2.63. The van der Waals surface area contributed by atoms with Crippen molar-refractivity contribution < 1.29 is 4.74 Å². The minimum absolute atomic E-state index is 0.511. The zero-order chi connectivity index (χ0) is 12.1. The zero-order valence-corrected chi connectivity index (χ0v) is 11.5. The second-order valence-electron chi connectivity index (χ2n) is 5.94. The highest BCUT2D eigenvalue weighted by Gasteiger charge is 2.29. The van der Waals surface area contributed by atoms with Gasteiger partial charge >= 0.3 is 0 Å². The van der Waals surface area contributed by atoms with Crippen molar-refractivity contribution in [3.05, 3.63) is 0 Å². The van der Waals surface area contributed by atoms with Crippen LogP contribution in [0.1, 0.15) is 39.5 Å². The third-order valence-corrected chi connectivity index (χ3v) is 3.68. The quantitative estimate of drug-likeness (QED) is 0.735. The van der Waals surface area contributed by atoms with Crippen LogP contribution in [0, 0.1) is 5.92 Å². The third-order valence-electron chi connectivity index (χ3n) is 3.68. The average Bonchev–Trinajstić information content (AvgIpc) is 3.12. The predicted molar refractivity (Wildman–Crippen MR) is 71.3 cm³/mol. The van der Waals surface area contributed by atoms with Crippen LogP contribution in [0.2, 0.25) is 0 Å². The number of hydrogen-bond donors (Lipinski definition) is 1. The first-order valence-electron chi connectivity index (χ1n) is 7.32. The number of rotatable bonds is 7. The molecule has 0 unspecified atom stereocenters. The fraction of sp³-hybridized carbons (Fsp3) is 1.00. The summed E-state index contributed by atoms with van der Waals surface area (Å²) < 4.78 is 5.99. The van der Waals surface area contributed by atoms with Crippen LogP contribution >= 0.6 is 0 Å². The molecule has 1 aliphatic carbocycles. The van der Waals surface area contributed by atoms with Gasteiger partial charge in [-0.2, -0.15) is 0 Å². The van der Waals surface area contributed by atoms with Gasteiger partial charge in [0.2, 0.25) is 0 Å². The average molecular weight is 240 g/mol. The second-order valence-corrected chi connectivity index (χ2v) is 5.94. The largest absolute Gasteiger partial charge is 0.377 e. The summed E-state index contributed by atoms with van der Waals surface area (Å²) in [5, 5.41) is 3.38. The summed E-state index contributed by atoms with van der Waals surface area (Å²) in [7, 11) is 0. The molecule has 0 aromatic rings. The molecule has 2 rings (SSSR count). The molecular formula is C14H28N2O. The van der Waals surface area contributed by atoms with Crippen molar-refractivity contribution in [2.24, 2.45) is 5.92 Å². The molecule has 1 heterocycles. The Morgan fingerprint density at radius 2 is 1.88 bits per heavy atom. The second kappa shape index (κ2) is 6.72. The van der Waals surface area contributed by atoms with Gasteiger partial charge in [0.05, 0.1) is 12.7 Å². The smallest absolute Gasteiger partial charge is 0.0600 e. The van der Waals surface area contributed by atoms with E-state index < -0.39 is 0 Å². The molecule has 2 fully saturated rings. The molecule has 0 radical (unpaired) electrons. The molecule has 1 aliphatic heterocycles. The van der Waals surface area contributed by atoms with Gasteiger partial charge in [0.25, 0.3) is 0 Å². The van der Waals surface area contributed by atoms with E-state index in [-0.39, 0.29) is 0 Å². The summed E-state index contributed by atoms with van der Waals surface area (Å²) in [6.07, 6.45) is 5.69. The van der Waals surface area contributed by atoms with E-state index in [1.54, 1.807) is 0 Å². The number of nitrogens with one attached hydrogen (secondary N) is 1. The van der Waals surface area contributed by atoms with Crippen molar-refractivity contribution in [1.29, 1.82) is 0 Å². The lowest BCUT2D eigenvalue weighted by Gasteiger charge is -2.27. The van der Waals surface area contributed by atoms with Gasteiger partial charge in [-0.1, -0.05) is 13.8 Å². The molecule has 0 atom stereocenters. The first-order valence-corrected chi connectivity index (χ1v) is 7.32. The standard InChI is InChI=1S/C14H28N2O/c1-12(2)11-16(13-3-4-13)9-10-17-14-5-7-15-8-6-14/h12-15H,3-11H2,1-2H3. The van der Waals surface area contributed by atoms with Crippen LogP contribution in [0.15, 0.2) is 0 Å². The molecule has 0 aromatic carbocycles. The molecule has 0 spiro atoms. The molecule has 2 aliphatic rings. The zero-order valence-electron chi connectivity index (χ0n) is 11.5. The molecule has 3 nitrogen and oxygen atoms in total. The Labute approximate surface area is 106 Å². The predicted octanol–water partition coefficient (Wildman–Crippen LogP) is 1.88. The monoisotopic (exact) mass is 240 g/mol. The van der Waals surface area contributed by atoms with Crippen LogP contribution in [0.4, 0.5) is 0 Å². The lowest BCUT2D eigenvalue weighted by Crippen LogP contribution is -2.36. The minimum atomic E-state index is 0.511. The van der Waals surface area contributed by atoms with Crippen molar-refractivity contribution in [2.45, 2.75) is 51.7 Å². The van der Waals surface area contributed by atoms with E-state index in [0.717, 1.165) is 38.2 Å². The van der Waals surface area contributed by atoms with Gasteiger partial charge in [0, 0.05) is 19.1 Å². The number of nitrogens with zero attached hydrogens (tertiary/aromatic N) is 1. The van der Waals surface area contributed by atoms with Crippen molar-refractivity contribution in [3.8, 4) is 0 Å². The Bertz CT molecular complexity index is 210. The van der Waals surface area contributed by atoms with Gasteiger partial charge in [0.15, 0.2) is 0 Å². The summed E-state index contributed by atoms with van der Waals surface area (Å²) in [6.45, 7) is 10.2. The number of ether oxygens (including phenoxy) is 1. The maximum Gasteiger partial charge on any atom is 0.0600 e. The molecule has 100 valence electrons. The van der Waals surface area contributed by atoms with Crippen LogP contribution in [0.5, 0.6) is 0 Å². The molecule has 1 N–H and O–H groups in total. The van der Waals surface area contributed by atoms with Crippen molar-refractivity contribution in [1.82, 2.24) is 10.2 Å². The van der Waals surface area contributed by atoms with Crippen LogP contribution in [-0.4, -0.2) is 49.8 Å². The van der Waals surface area contributed by atoms with E-state index in [4.69, 9.17) is 4.74 Å². The summed E-state index contributed by atoms with van der Waals surface area (Å²) in [4.78, 5) is 2.63. The topological polar surface area (TPSA) is 24.5 Å². The summed E-state index contributed by atoms with van der Waals surface area (Å²) >= 11 is 0. The molecule has 0 amide bonds. The number of hydrogen-bond acceptors (Lipinski definition) is 3. The van der Waals surface area contributed by atoms with E-state index in [9.17, 15) is 0 Å². The Morgan fingerprint density at radius 1 is 1.18 bits per heavy atom. The highest BCUT2D eigenvalue weighted by atomic mass is 16.5. The summed E-state index contributed by atoms with van der Waals surface area (Å²) in [5.41, 5.74) is 0. The van der Waals surface area contributed by atoms with E-state index in [2.05, 4.69) is 24.1 Å². The lowest BCUT2D eigenvalue weighted by atomic mass is 10.1. The van der Waals surface area contributed by atoms with Gasteiger partial charge < -0.3 is 10.1 Å². The summed E-state index contributed by atoms with van der Waals surface area (Å²) in [6, 6.07) is 0.869. The highest BCUT2D eigenvalue weighted by Crippen LogP contribution is 2.27. The molecule has 0 bridgehead atoms. The Kier molecular flexibility index (Phi) is 5.26. The van der Waals surface area contributed by atoms with E-state index in [1.807, 2.05) is 0 Å². The van der Waals surface area contributed by atoms with Crippen LogP contribution in [-0.2, 0) is 4.74 Å². The maximum absolute atomic E-state index is 5.99. The first kappa shape index (κ1) is 13.3. The van der Waals surface area contributed by atoms with Crippen molar-refractivity contribution in [3.63, 3.8) is 0 Å². The Balaban J connectivity index is 1.61. The SMILES string of the molecule is CC(C)CN(CCOC1CCNCC1)C1CC1. The van der Waals surface area contributed by atoms with Crippen LogP contribution < -0.4 is 5.32 Å². The van der Waals surface area contributed by atoms with Gasteiger partial charge in [0.1, 0.15) is 0 Å². The van der Waals surface area contributed by atoms with Gasteiger partial charge in [-0.25, -0.2) is 0 Å². The first-order chi connectivity index (χ1) is 8.25. The Hall–Kier alpha value is -0.120. The molecule has 3 heteroatoms. The van der Waals surface area contributed by atoms with Crippen molar-refractivity contribution >= 4 is 0 Å². The molecule has 17 heavy (non-hydrogen) atoms. The van der Waals surface area contributed by atoms with Crippen molar-refractivity contribution in [2.75, 3.05) is 32.8 Å². The van der Waals surface area contributed by atoms with Gasteiger partial charge in [-0.15, -0.1) is 0 Å². The fourth-order valence-corrected chi connectivity index (χ4v) is 2.63. The molecule has 1 saturated carbocycles. The molecule has 1 saturated heterocycles. The van der Waals surface area contributed by atoms with E-state index >= 15 is 0 Å². The maximum atomic E-state index is 5.99. The van der Waals surface area contributed by atoms with Gasteiger partial charge in [-0.3, -0.25) is 4.90 Å². The normalized spacial score (nSPS) is 22.6. The third kappa shape index (κ3) is 4.94. The van der Waals surface area contributed by atoms with E-state index in [0.29, 0.717) is 6.10 Å². The summed E-state index contributed by atoms with van der Waals surface area (Å²) in [5.74, 6) is 0.773.